The molecule has 15 heavy (non-hydrogen) atoms. The molecule has 1 aliphatic carbocycles. The molecule has 1 nitrogen and oxygen atoms in total. The van der Waals surface area contributed by atoms with Gasteiger partial charge in [-0.05, 0) is 31.1 Å². The number of hydrogen-bond donors (Lipinski definition) is 1. The molecule has 0 aromatic heterocycles. The molecule has 0 aromatic rings. The van der Waals surface area contributed by atoms with Crippen LogP contribution < -0.4 is 0 Å². The largest absolute Gasteiger partial charge is 0.390 e. The van der Waals surface area contributed by atoms with Gasteiger partial charge in [0.15, 0.2) is 0 Å². The monoisotopic (exact) mass is 212 g/mol. The van der Waals surface area contributed by atoms with Crippen molar-refractivity contribution >= 4 is 0 Å². The molecule has 0 saturated heterocycles. The Morgan fingerprint density at radius 2 is 1.87 bits per heavy atom. The van der Waals surface area contributed by atoms with Gasteiger partial charge in [-0.2, -0.15) is 0 Å². The molecule has 1 heteroatoms. The average Bonchev–Trinajstić information content (AvgIpc) is 2.27. The van der Waals surface area contributed by atoms with Gasteiger partial charge in [0.25, 0.3) is 0 Å². The van der Waals surface area contributed by atoms with Crippen molar-refractivity contribution in [1.29, 1.82) is 0 Å². The third-order valence-electron chi connectivity index (χ3n) is 4.79. The van der Waals surface area contributed by atoms with Crippen molar-refractivity contribution in [2.24, 2.45) is 17.8 Å². The molecule has 0 aliphatic heterocycles. The van der Waals surface area contributed by atoms with E-state index in [0.717, 1.165) is 12.3 Å². The highest BCUT2D eigenvalue weighted by Crippen LogP contribution is 2.42. The number of aliphatic hydroxyl groups is 1. The summed E-state index contributed by atoms with van der Waals surface area (Å²) in [6, 6.07) is 0. The van der Waals surface area contributed by atoms with Crippen LogP contribution in [0.2, 0.25) is 0 Å². The van der Waals surface area contributed by atoms with Crippen molar-refractivity contribution < 1.29 is 5.11 Å². The molecule has 1 aliphatic rings. The van der Waals surface area contributed by atoms with E-state index in [2.05, 4.69) is 27.7 Å². The van der Waals surface area contributed by atoms with Crippen molar-refractivity contribution in [1.82, 2.24) is 0 Å². The standard InChI is InChI=1S/C14H28O/c1-5-11(3)14(4,15)13-10-8-7-9-12(13)6-2/h11-13,15H,5-10H2,1-4H3/t11-,12+,13-,14-/m0/s1. The lowest BCUT2D eigenvalue weighted by Gasteiger charge is -2.44. The predicted molar refractivity (Wildman–Crippen MR) is 65.8 cm³/mol. The van der Waals surface area contributed by atoms with Crippen LogP contribution in [0.25, 0.3) is 0 Å². The van der Waals surface area contributed by atoms with E-state index in [-0.39, 0.29) is 0 Å². The van der Waals surface area contributed by atoms with Crippen LogP contribution in [0.15, 0.2) is 0 Å². The molecule has 0 heterocycles. The smallest absolute Gasteiger partial charge is 0.0675 e. The zero-order valence-corrected chi connectivity index (χ0v) is 10.9. The van der Waals surface area contributed by atoms with Crippen LogP contribution in [-0.2, 0) is 0 Å². The first-order valence-electron chi connectivity index (χ1n) is 6.76. The topological polar surface area (TPSA) is 20.2 Å². The van der Waals surface area contributed by atoms with Gasteiger partial charge in [-0.3, -0.25) is 0 Å². The summed E-state index contributed by atoms with van der Waals surface area (Å²) in [5, 5.41) is 10.7. The molecule has 0 aromatic carbocycles. The molecule has 1 fully saturated rings. The Morgan fingerprint density at radius 1 is 1.27 bits per heavy atom. The lowest BCUT2D eigenvalue weighted by atomic mass is 9.65. The minimum atomic E-state index is -0.449. The maximum atomic E-state index is 10.7. The van der Waals surface area contributed by atoms with Crippen LogP contribution in [0, 0.1) is 17.8 Å². The normalized spacial score (nSPS) is 33.4. The quantitative estimate of drug-likeness (QED) is 0.747. The Bertz CT molecular complexity index is 186. The van der Waals surface area contributed by atoms with Crippen LogP contribution in [0.4, 0.5) is 0 Å². The summed E-state index contributed by atoms with van der Waals surface area (Å²) in [6.07, 6.45) is 7.56. The van der Waals surface area contributed by atoms with Crippen molar-refractivity contribution in [2.45, 2.75) is 71.8 Å². The Balaban J connectivity index is 2.73. The zero-order chi connectivity index (χ0) is 11.5. The summed E-state index contributed by atoms with van der Waals surface area (Å²) in [5.74, 6) is 1.71. The molecule has 0 amide bonds. The highest BCUT2D eigenvalue weighted by Gasteiger charge is 2.40. The third-order valence-corrected chi connectivity index (χ3v) is 4.79. The van der Waals surface area contributed by atoms with Gasteiger partial charge < -0.3 is 5.11 Å². The average molecular weight is 212 g/mol. The summed E-state index contributed by atoms with van der Waals surface area (Å²) in [5.41, 5.74) is -0.449. The van der Waals surface area contributed by atoms with E-state index in [1.54, 1.807) is 0 Å². The summed E-state index contributed by atoms with van der Waals surface area (Å²) in [7, 11) is 0. The summed E-state index contributed by atoms with van der Waals surface area (Å²) in [4.78, 5) is 0. The van der Waals surface area contributed by atoms with E-state index in [0.29, 0.717) is 11.8 Å². The van der Waals surface area contributed by atoms with Crippen molar-refractivity contribution in [3.63, 3.8) is 0 Å². The van der Waals surface area contributed by atoms with E-state index < -0.39 is 5.60 Å². The van der Waals surface area contributed by atoms with Crippen LogP contribution in [0.3, 0.4) is 0 Å². The van der Waals surface area contributed by atoms with Gasteiger partial charge in [0.05, 0.1) is 5.60 Å². The fraction of sp³-hybridized carbons (Fsp3) is 1.00. The Morgan fingerprint density at radius 3 is 2.40 bits per heavy atom. The van der Waals surface area contributed by atoms with Crippen LogP contribution >= 0.6 is 0 Å². The summed E-state index contributed by atoms with van der Waals surface area (Å²) < 4.78 is 0. The first-order valence-corrected chi connectivity index (χ1v) is 6.76. The zero-order valence-electron chi connectivity index (χ0n) is 10.9. The van der Waals surface area contributed by atoms with Crippen molar-refractivity contribution in [2.75, 3.05) is 0 Å². The maximum absolute atomic E-state index is 10.7. The van der Waals surface area contributed by atoms with Gasteiger partial charge in [0, 0.05) is 0 Å². The lowest BCUT2D eigenvalue weighted by molar-refractivity contribution is -0.0831. The molecule has 1 saturated carbocycles. The van der Waals surface area contributed by atoms with Gasteiger partial charge in [0.2, 0.25) is 0 Å². The second-order valence-corrected chi connectivity index (χ2v) is 5.59. The van der Waals surface area contributed by atoms with Crippen LogP contribution in [0.1, 0.15) is 66.2 Å². The predicted octanol–water partition coefficient (Wildman–Crippen LogP) is 4.00. The molecule has 0 spiro atoms. The first kappa shape index (κ1) is 13.0. The SMILES string of the molecule is CC[C@@H]1CCCC[C@@H]1[C@@](C)(O)[C@@H](C)CC. The Hall–Kier alpha value is -0.0400. The minimum absolute atomic E-state index is 0.426. The summed E-state index contributed by atoms with van der Waals surface area (Å²) >= 11 is 0. The second kappa shape index (κ2) is 5.34. The maximum Gasteiger partial charge on any atom is 0.0675 e. The molecule has 1 N–H and O–H groups in total. The van der Waals surface area contributed by atoms with Gasteiger partial charge in [-0.1, -0.05) is 52.9 Å². The lowest BCUT2D eigenvalue weighted by Crippen LogP contribution is -2.45. The molecular formula is C14H28O. The minimum Gasteiger partial charge on any atom is -0.390 e. The van der Waals surface area contributed by atoms with Gasteiger partial charge in [0.1, 0.15) is 0 Å². The van der Waals surface area contributed by atoms with E-state index in [9.17, 15) is 5.11 Å². The van der Waals surface area contributed by atoms with Crippen molar-refractivity contribution in [3.8, 4) is 0 Å². The fourth-order valence-electron chi connectivity index (χ4n) is 3.24. The van der Waals surface area contributed by atoms with E-state index in [1.165, 1.54) is 32.1 Å². The Kier molecular flexibility index (Phi) is 4.64. The highest BCUT2D eigenvalue weighted by atomic mass is 16.3. The van der Waals surface area contributed by atoms with Gasteiger partial charge >= 0.3 is 0 Å². The summed E-state index contributed by atoms with van der Waals surface area (Å²) in [6.45, 7) is 8.72. The number of rotatable bonds is 4. The fourth-order valence-corrected chi connectivity index (χ4v) is 3.24. The molecule has 0 bridgehead atoms. The van der Waals surface area contributed by atoms with E-state index in [1.807, 2.05) is 0 Å². The molecular weight excluding hydrogens is 184 g/mol. The Labute approximate surface area is 95.3 Å². The van der Waals surface area contributed by atoms with Gasteiger partial charge in [-0.15, -0.1) is 0 Å². The highest BCUT2D eigenvalue weighted by molar-refractivity contribution is 4.91. The van der Waals surface area contributed by atoms with Crippen LogP contribution in [0.5, 0.6) is 0 Å². The van der Waals surface area contributed by atoms with Crippen LogP contribution in [-0.4, -0.2) is 10.7 Å². The van der Waals surface area contributed by atoms with Gasteiger partial charge in [-0.25, -0.2) is 0 Å². The molecule has 90 valence electrons. The number of hydrogen-bond acceptors (Lipinski definition) is 1. The molecule has 0 unspecified atom stereocenters. The molecule has 4 atom stereocenters. The van der Waals surface area contributed by atoms with E-state index in [4.69, 9.17) is 0 Å². The second-order valence-electron chi connectivity index (χ2n) is 5.59. The van der Waals surface area contributed by atoms with Crippen molar-refractivity contribution in [3.05, 3.63) is 0 Å². The van der Waals surface area contributed by atoms with E-state index >= 15 is 0 Å². The first-order chi connectivity index (χ1) is 7.04. The third kappa shape index (κ3) is 2.75. The molecule has 1 rings (SSSR count). The molecule has 0 radical (unpaired) electrons.